The second-order valence-corrected chi connectivity index (χ2v) is 7.56. The first kappa shape index (κ1) is 20.2. The third kappa shape index (κ3) is 4.71. The van der Waals surface area contributed by atoms with Crippen LogP contribution in [-0.2, 0) is 17.8 Å². The summed E-state index contributed by atoms with van der Waals surface area (Å²) in [4.78, 5) is 16.9. The summed E-state index contributed by atoms with van der Waals surface area (Å²) < 4.78 is 20.9. The molecule has 0 aliphatic carbocycles. The molecule has 2 heterocycles. The van der Waals surface area contributed by atoms with Gasteiger partial charge in [0.05, 0.1) is 13.5 Å². The van der Waals surface area contributed by atoms with E-state index < -0.39 is 0 Å². The van der Waals surface area contributed by atoms with Crippen LogP contribution in [0.25, 0.3) is 5.69 Å². The lowest BCUT2D eigenvalue weighted by Crippen LogP contribution is -2.48. The van der Waals surface area contributed by atoms with E-state index in [4.69, 9.17) is 4.74 Å². The number of rotatable bonds is 6. The van der Waals surface area contributed by atoms with E-state index in [1.807, 2.05) is 64.3 Å². The van der Waals surface area contributed by atoms with Gasteiger partial charge in [-0.05, 0) is 47.5 Å². The maximum absolute atomic E-state index is 13.9. The van der Waals surface area contributed by atoms with Crippen LogP contribution in [-0.4, -0.2) is 53.6 Å². The van der Waals surface area contributed by atoms with E-state index in [2.05, 4.69) is 4.90 Å². The molecule has 1 aliphatic rings. The van der Waals surface area contributed by atoms with E-state index in [0.717, 1.165) is 29.9 Å². The number of piperazine rings is 1. The van der Waals surface area contributed by atoms with E-state index in [-0.39, 0.29) is 17.5 Å². The number of hydrogen-bond acceptors (Lipinski definition) is 3. The van der Waals surface area contributed by atoms with Gasteiger partial charge in [-0.2, -0.15) is 0 Å². The van der Waals surface area contributed by atoms with Crippen LogP contribution in [0.15, 0.2) is 67.0 Å². The Kier molecular flexibility index (Phi) is 6.14. The van der Waals surface area contributed by atoms with Gasteiger partial charge < -0.3 is 14.2 Å². The minimum absolute atomic E-state index is 0.152. The lowest BCUT2D eigenvalue weighted by molar-refractivity contribution is -0.132. The number of halogens is 1. The number of benzene rings is 2. The molecule has 0 bridgehead atoms. The summed E-state index contributed by atoms with van der Waals surface area (Å²) in [6, 6.07) is 17.1. The summed E-state index contributed by atoms with van der Waals surface area (Å²) in [7, 11) is 1.46. The molecule has 1 saturated heterocycles. The monoisotopic (exact) mass is 407 g/mol. The first-order chi connectivity index (χ1) is 14.6. The van der Waals surface area contributed by atoms with Crippen LogP contribution in [0.1, 0.15) is 11.1 Å². The molecule has 3 aromatic rings. The first-order valence-electron chi connectivity index (χ1n) is 10.2. The SMILES string of the molecule is COc1ccc(CN2CCN(C(=O)Cc3ccc(-n4cccc4)cc3)CC2)cc1F. The molecule has 0 unspecified atom stereocenters. The Labute approximate surface area is 176 Å². The number of hydrogen-bond donors (Lipinski definition) is 0. The Morgan fingerprint density at radius 2 is 1.63 bits per heavy atom. The molecule has 1 aromatic heterocycles. The van der Waals surface area contributed by atoms with Crippen molar-refractivity contribution in [1.82, 2.24) is 14.4 Å². The second kappa shape index (κ2) is 9.13. The highest BCUT2D eigenvalue weighted by Gasteiger charge is 2.21. The molecule has 0 atom stereocenters. The van der Waals surface area contributed by atoms with Crippen LogP contribution >= 0.6 is 0 Å². The van der Waals surface area contributed by atoms with Crippen molar-refractivity contribution in [2.24, 2.45) is 0 Å². The smallest absolute Gasteiger partial charge is 0.227 e. The van der Waals surface area contributed by atoms with Crippen LogP contribution in [0.5, 0.6) is 5.75 Å². The Bertz CT molecular complexity index is 978. The highest BCUT2D eigenvalue weighted by Crippen LogP contribution is 2.19. The molecule has 1 fully saturated rings. The number of carbonyl (C=O) groups is 1. The van der Waals surface area contributed by atoms with Crippen LogP contribution < -0.4 is 4.74 Å². The van der Waals surface area contributed by atoms with E-state index in [0.29, 0.717) is 26.1 Å². The van der Waals surface area contributed by atoms with Crippen molar-refractivity contribution >= 4 is 5.91 Å². The van der Waals surface area contributed by atoms with Gasteiger partial charge in [-0.1, -0.05) is 18.2 Å². The van der Waals surface area contributed by atoms with Crippen LogP contribution in [0.4, 0.5) is 4.39 Å². The zero-order chi connectivity index (χ0) is 20.9. The maximum atomic E-state index is 13.9. The summed E-state index contributed by atoms with van der Waals surface area (Å²) in [6.45, 7) is 3.62. The van der Waals surface area contributed by atoms with E-state index in [9.17, 15) is 9.18 Å². The topological polar surface area (TPSA) is 37.7 Å². The van der Waals surface area contributed by atoms with Crippen LogP contribution in [0.3, 0.4) is 0 Å². The highest BCUT2D eigenvalue weighted by atomic mass is 19.1. The fourth-order valence-electron chi connectivity index (χ4n) is 3.80. The molecule has 0 N–H and O–H groups in total. The van der Waals surface area contributed by atoms with Crippen molar-refractivity contribution in [3.05, 3.63) is 83.9 Å². The minimum Gasteiger partial charge on any atom is -0.494 e. The fraction of sp³-hybridized carbons (Fsp3) is 0.292. The van der Waals surface area contributed by atoms with Gasteiger partial charge in [-0.15, -0.1) is 0 Å². The number of methoxy groups -OCH3 is 1. The fourth-order valence-corrected chi connectivity index (χ4v) is 3.80. The summed E-state index contributed by atoms with van der Waals surface area (Å²) in [5.74, 6) is 0.0704. The molecule has 6 heteroatoms. The van der Waals surface area contributed by atoms with Gasteiger partial charge >= 0.3 is 0 Å². The molecule has 0 radical (unpaired) electrons. The number of nitrogens with zero attached hydrogens (tertiary/aromatic N) is 3. The van der Waals surface area contributed by atoms with Gasteiger partial charge in [0.25, 0.3) is 0 Å². The predicted molar refractivity (Wildman–Crippen MR) is 114 cm³/mol. The molecule has 0 saturated carbocycles. The standard InChI is InChI=1S/C24H26FN3O2/c1-30-23-9-6-20(16-22(23)25)18-26-12-14-28(15-13-26)24(29)17-19-4-7-21(8-5-19)27-10-2-3-11-27/h2-11,16H,12-15,17-18H2,1H3. The van der Waals surface area contributed by atoms with E-state index in [1.54, 1.807) is 6.07 Å². The molecule has 1 amide bonds. The maximum Gasteiger partial charge on any atom is 0.227 e. The first-order valence-corrected chi connectivity index (χ1v) is 10.2. The molecule has 30 heavy (non-hydrogen) atoms. The zero-order valence-electron chi connectivity index (χ0n) is 17.1. The highest BCUT2D eigenvalue weighted by molar-refractivity contribution is 5.79. The van der Waals surface area contributed by atoms with Gasteiger partial charge in [0.15, 0.2) is 11.6 Å². The van der Waals surface area contributed by atoms with Crippen LogP contribution in [0, 0.1) is 5.82 Å². The minimum atomic E-state index is -0.341. The van der Waals surface area contributed by atoms with Crippen molar-refractivity contribution in [3.63, 3.8) is 0 Å². The quantitative estimate of drug-likeness (QED) is 0.628. The van der Waals surface area contributed by atoms with Gasteiger partial charge in [0, 0.05) is 50.8 Å². The van der Waals surface area contributed by atoms with Crippen molar-refractivity contribution < 1.29 is 13.9 Å². The summed E-state index contributed by atoms with van der Waals surface area (Å²) >= 11 is 0. The lowest BCUT2D eigenvalue weighted by Gasteiger charge is -2.35. The Morgan fingerprint density at radius 1 is 0.967 bits per heavy atom. The molecule has 4 rings (SSSR count). The van der Waals surface area contributed by atoms with E-state index in [1.165, 1.54) is 13.2 Å². The average Bonchev–Trinajstić information content (AvgIpc) is 3.30. The molecule has 2 aromatic carbocycles. The largest absolute Gasteiger partial charge is 0.494 e. The summed E-state index contributed by atoms with van der Waals surface area (Å²) in [5.41, 5.74) is 3.02. The number of amides is 1. The molecular formula is C24H26FN3O2. The Morgan fingerprint density at radius 3 is 2.27 bits per heavy atom. The molecule has 1 aliphatic heterocycles. The molecular weight excluding hydrogens is 381 g/mol. The van der Waals surface area contributed by atoms with Crippen molar-refractivity contribution in [2.75, 3.05) is 33.3 Å². The predicted octanol–water partition coefficient (Wildman–Crippen LogP) is 3.51. The second-order valence-electron chi connectivity index (χ2n) is 7.56. The third-order valence-electron chi connectivity index (χ3n) is 5.54. The van der Waals surface area contributed by atoms with Crippen molar-refractivity contribution in [1.29, 1.82) is 0 Å². The van der Waals surface area contributed by atoms with Gasteiger partial charge in [0.2, 0.25) is 5.91 Å². The Hall–Kier alpha value is -3.12. The summed E-state index contributed by atoms with van der Waals surface area (Å²) in [6.07, 6.45) is 4.41. The Balaban J connectivity index is 1.27. The zero-order valence-corrected chi connectivity index (χ0v) is 17.1. The third-order valence-corrected chi connectivity index (χ3v) is 5.54. The van der Waals surface area contributed by atoms with Gasteiger partial charge in [-0.3, -0.25) is 9.69 Å². The van der Waals surface area contributed by atoms with Gasteiger partial charge in [0.1, 0.15) is 0 Å². The van der Waals surface area contributed by atoms with Crippen molar-refractivity contribution in [3.8, 4) is 11.4 Å². The van der Waals surface area contributed by atoms with E-state index >= 15 is 0 Å². The number of ether oxygens (including phenoxy) is 1. The normalized spacial score (nSPS) is 14.7. The lowest BCUT2D eigenvalue weighted by atomic mass is 10.1. The summed E-state index contributed by atoms with van der Waals surface area (Å²) in [5, 5.41) is 0. The van der Waals surface area contributed by atoms with Crippen LogP contribution in [0.2, 0.25) is 0 Å². The average molecular weight is 407 g/mol. The van der Waals surface area contributed by atoms with Gasteiger partial charge in [-0.25, -0.2) is 4.39 Å². The molecule has 0 spiro atoms. The number of aromatic nitrogens is 1. The molecule has 156 valence electrons. The number of carbonyl (C=O) groups excluding carboxylic acids is 1. The molecule has 5 nitrogen and oxygen atoms in total. The van der Waals surface area contributed by atoms with Crippen molar-refractivity contribution in [2.45, 2.75) is 13.0 Å².